The standard InChI is InChI=1S/C11H11F3N2O2/c1-5-8(11(12,13)14)9(16-10(17)18)6-3-2-4-7(6)15-5/h2-4H2,1H3,(H,15,16)(H,17,18). The number of halogens is 3. The maximum atomic E-state index is 13.0. The minimum Gasteiger partial charge on any atom is -0.465 e. The number of hydrogen-bond donors (Lipinski definition) is 2. The SMILES string of the molecule is Cc1nc2c(c(NC(=O)O)c1C(F)(F)F)CCC2. The van der Waals surface area contributed by atoms with E-state index >= 15 is 0 Å². The van der Waals surface area contributed by atoms with Gasteiger partial charge in [0.1, 0.15) is 5.56 Å². The second kappa shape index (κ2) is 4.15. The molecule has 0 aliphatic heterocycles. The zero-order chi connectivity index (χ0) is 13.5. The summed E-state index contributed by atoms with van der Waals surface area (Å²) in [6.07, 6.45) is -4.42. The molecule has 2 rings (SSSR count). The second-order valence-electron chi connectivity index (χ2n) is 4.15. The van der Waals surface area contributed by atoms with Crippen LogP contribution in [0.1, 0.15) is 28.9 Å². The number of hydrogen-bond acceptors (Lipinski definition) is 2. The fourth-order valence-electron chi connectivity index (χ4n) is 2.30. The lowest BCUT2D eigenvalue weighted by Gasteiger charge is -2.18. The van der Waals surface area contributed by atoms with Crippen LogP contribution in [0.5, 0.6) is 0 Å². The van der Waals surface area contributed by atoms with Gasteiger partial charge in [-0.3, -0.25) is 10.3 Å². The molecule has 0 saturated heterocycles. The van der Waals surface area contributed by atoms with Gasteiger partial charge in [0.15, 0.2) is 0 Å². The van der Waals surface area contributed by atoms with Crippen LogP contribution in [-0.4, -0.2) is 16.2 Å². The first-order valence-electron chi connectivity index (χ1n) is 5.40. The number of rotatable bonds is 1. The van der Waals surface area contributed by atoms with Crippen LogP contribution in [0.25, 0.3) is 0 Å². The Hall–Kier alpha value is -1.79. The molecule has 0 aromatic carbocycles. The molecule has 0 bridgehead atoms. The van der Waals surface area contributed by atoms with Gasteiger partial charge in [-0.15, -0.1) is 0 Å². The van der Waals surface area contributed by atoms with Gasteiger partial charge in [-0.2, -0.15) is 13.2 Å². The summed E-state index contributed by atoms with van der Waals surface area (Å²) in [7, 11) is 0. The summed E-state index contributed by atoms with van der Waals surface area (Å²) in [5, 5.41) is 10.6. The van der Waals surface area contributed by atoms with Crippen molar-refractivity contribution in [1.29, 1.82) is 0 Å². The molecule has 0 atom stereocenters. The first kappa shape index (κ1) is 12.7. The molecule has 0 radical (unpaired) electrons. The highest BCUT2D eigenvalue weighted by atomic mass is 19.4. The van der Waals surface area contributed by atoms with E-state index in [0.29, 0.717) is 30.5 Å². The Morgan fingerprint density at radius 3 is 2.61 bits per heavy atom. The number of amides is 1. The van der Waals surface area contributed by atoms with E-state index in [0.717, 1.165) is 0 Å². The highest BCUT2D eigenvalue weighted by Gasteiger charge is 2.39. The van der Waals surface area contributed by atoms with Gasteiger partial charge in [0.25, 0.3) is 0 Å². The van der Waals surface area contributed by atoms with Crippen molar-refractivity contribution in [3.8, 4) is 0 Å². The van der Waals surface area contributed by atoms with Gasteiger partial charge in [-0.05, 0) is 31.7 Å². The van der Waals surface area contributed by atoms with E-state index < -0.39 is 17.8 Å². The third kappa shape index (κ3) is 2.12. The van der Waals surface area contributed by atoms with Gasteiger partial charge < -0.3 is 5.11 Å². The molecule has 98 valence electrons. The summed E-state index contributed by atoms with van der Waals surface area (Å²) in [5.41, 5.74) is -0.591. The summed E-state index contributed by atoms with van der Waals surface area (Å²) in [6.45, 7) is 1.24. The van der Waals surface area contributed by atoms with E-state index in [-0.39, 0.29) is 11.4 Å². The number of carboxylic acid groups (broad SMARTS) is 1. The van der Waals surface area contributed by atoms with Crippen LogP contribution in [0.15, 0.2) is 0 Å². The minimum atomic E-state index is -4.62. The first-order chi connectivity index (χ1) is 8.30. The quantitative estimate of drug-likeness (QED) is 0.815. The third-order valence-corrected chi connectivity index (χ3v) is 2.92. The van der Waals surface area contributed by atoms with Gasteiger partial charge in [-0.25, -0.2) is 4.79 Å². The van der Waals surface area contributed by atoms with E-state index in [2.05, 4.69) is 4.98 Å². The monoisotopic (exact) mass is 260 g/mol. The molecule has 1 aromatic heterocycles. The van der Waals surface area contributed by atoms with Gasteiger partial charge in [0.05, 0.1) is 11.4 Å². The van der Waals surface area contributed by atoms with E-state index in [1.807, 2.05) is 5.32 Å². The highest BCUT2D eigenvalue weighted by molar-refractivity contribution is 5.86. The van der Waals surface area contributed by atoms with Gasteiger partial charge in [0.2, 0.25) is 0 Å². The zero-order valence-electron chi connectivity index (χ0n) is 9.56. The summed E-state index contributed by atoms with van der Waals surface area (Å²) >= 11 is 0. The predicted molar refractivity (Wildman–Crippen MR) is 57.6 cm³/mol. The van der Waals surface area contributed by atoms with E-state index in [4.69, 9.17) is 5.11 Å². The molecule has 0 saturated carbocycles. The molecular weight excluding hydrogens is 249 g/mol. The van der Waals surface area contributed by atoms with Crippen molar-refractivity contribution in [2.45, 2.75) is 32.4 Å². The molecule has 1 heterocycles. The summed E-state index contributed by atoms with van der Waals surface area (Å²) in [5.74, 6) is 0. The molecule has 1 aliphatic carbocycles. The number of aromatic nitrogens is 1. The molecule has 1 aliphatic rings. The summed E-state index contributed by atoms with van der Waals surface area (Å²) in [6, 6.07) is 0. The van der Waals surface area contributed by atoms with Crippen LogP contribution < -0.4 is 5.32 Å². The molecule has 1 amide bonds. The Labute approximate surface area is 101 Å². The number of nitrogens with zero attached hydrogens (tertiary/aromatic N) is 1. The second-order valence-corrected chi connectivity index (χ2v) is 4.15. The maximum Gasteiger partial charge on any atom is 0.420 e. The largest absolute Gasteiger partial charge is 0.465 e. The van der Waals surface area contributed by atoms with Crippen molar-refractivity contribution in [1.82, 2.24) is 4.98 Å². The van der Waals surface area contributed by atoms with Crippen LogP contribution in [0.3, 0.4) is 0 Å². The summed E-state index contributed by atoms with van der Waals surface area (Å²) < 4.78 is 38.9. The highest BCUT2D eigenvalue weighted by Crippen LogP contribution is 2.41. The number of nitrogens with one attached hydrogen (secondary N) is 1. The lowest BCUT2D eigenvalue weighted by atomic mass is 10.0. The first-order valence-corrected chi connectivity index (χ1v) is 5.40. The average molecular weight is 260 g/mol. The van der Waals surface area contributed by atoms with Crippen molar-refractivity contribution in [3.63, 3.8) is 0 Å². The zero-order valence-corrected chi connectivity index (χ0v) is 9.56. The Morgan fingerprint density at radius 2 is 2.06 bits per heavy atom. The lowest BCUT2D eigenvalue weighted by Crippen LogP contribution is -2.19. The summed E-state index contributed by atoms with van der Waals surface area (Å²) in [4.78, 5) is 14.6. The van der Waals surface area contributed by atoms with Crippen molar-refractivity contribution in [3.05, 3.63) is 22.5 Å². The van der Waals surface area contributed by atoms with Crippen LogP contribution >= 0.6 is 0 Å². The molecule has 2 N–H and O–H groups in total. The van der Waals surface area contributed by atoms with Crippen LogP contribution in [0.2, 0.25) is 0 Å². The predicted octanol–water partition coefficient (Wildman–Crippen LogP) is 2.99. The minimum absolute atomic E-state index is 0.188. The van der Waals surface area contributed by atoms with E-state index in [1.165, 1.54) is 6.92 Å². The van der Waals surface area contributed by atoms with Crippen molar-refractivity contribution < 1.29 is 23.1 Å². The maximum absolute atomic E-state index is 13.0. The number of aryl methyl sites for hydroxylation is 2. The molecule has 4 nitrogen and oxygen atoms in total. The molecule has 0 unspecified atom stereocenters. The number of anilines is 1. The van der Waals surface area contributed by atoms with Crippen LogP contribution in [0.4, 0.5) is 23.7 Å². The molecule has 0 fully saturated rings. The van der Waals surface area contributed by atoms with Crippen LogP contribution in [-0.2, 0) is 19.0 Å². The molecule has 1 aromatic rings. The fraction of sp³-hybridized carbons (Fsp3) is 0.455. The molecule has 18 heavy (non-hydrogen) atoms. The Bertz CT molecular complexity index is 512. The van der Waals surface area contributed by atoms with Crippen molar-refractivity contribution >= 4 is 11.8 Å². The van der Waals surface area contributed by atoms with Crippen molar-refractivity contribution in [2.24, 2.45) is 0 Å². The van der Waals surface area contributed by atoms with Gasteiger partial charge in [0, 0.05) is 5.69 Å². The lowest BCUT2D eigenvalue weighted by molar-refractivity contribution is -0.137. The Balaban J connectivity index is 2.67. The van der Waals surface area contributed by atoms with E-state index in [1.54, 1.807) is 0 Å². The normalized spacial score (nSPS) is 14.4. The number of fused-ring (bicyclic) bond motifs is 1. The molecule has 0 spiro atoms. The smallest absolute Gasteiger partial charge is 0.420 e. The van der Waals surface area contributed by atoms with Crippen LogP contribution in [0, 0.1) is 6.92 Å². The Morgan fingerprint density at radius 1 is 1.39 bits per heavy atom. The van der Waals surface area contributed by atoms with Gasteiger partial charge >= 0.3 is 12.3 Å². The molecule has 7 heteroatoms. The number of pyridine rings is 1. The third-order valence-electron chi connectivity index (χ3n) is 2.92. The topological polar surface area (TPSA) is 62.2 Å². The van der Waals surface area contributed by atoms with Crippen molar-refractivity contribution in [2.75, 3.05) is 5.32 Å². The average Bonchev–Trinajstić information content (AvgIpc) is 2.61. The van der Waals surface area contributed by atoms with Gasteiger partial charge in [-0.1, -0.05) is 0 Å². The number of carbonyl (C=O) groups is 1. The number of alkyl halides is 3. The Kier molecular flexibility index (Phi) is 2.92. The fourth-order valence-corrected chi connectivity index (χ4v) is 2.30. The van der Waals surface area contributed by atoms with E-state index in [9.17, 15) is 18.0 Å². The molecular formula is C11H11F3N2O2.